The fourth-order valence-corrected chi connectivity index (χ4v) is 2.43. The van der Waals surface area contributed by atoms with Crippen molar-refractivity contribution in [1.82, 2.24) is 0 Å². The molecule has 0 atom stereocenters. The zero-order valence-corrected chi connectivity index (χ0v) is 12.3. The smallest absolute Gasteiger partial charge is 0.161 e. The lowest BCUT2D eigenvalue weighted by molar-refractivity contribution is 0.509. The molecular formula is C13H8BrF3N2S. The lowest BCUT2D eigenvalue weighted by Gasteiger charge is -2.11. The Morgan fingerprint density at radius 1 is 1.10 bits per heavy atom. The monoisotopic (exact) mass is 360 g/mol. The number of nitrogens with two attached hydrogens (primary N) is 1. The third kappa shape index (κ3) is 2.94. The van der Waals surface area contributed by atoms with Gasteiger partial charge < -0.3 is 11.1 Å². The molecule has 0 radical (unpaired) electrons. The first-order chi connectivity index (χ1) is 9.40. The van der Waals surface area contributed by atoms with Gasteiger partial charge in [-0.1, -0.05) is 12.2 Å². The van der Waals surface area contributed by atoms with Gasteiger partial charge in [-0.15, -0.1) is 0 Å². The summed E-state index contributed by atoms with van der Waals surface area (Å²) in [6.07, 6.45) is 0. The highest BCUT2D eigenvalue weighted by Gasteiger charge is 2.13. The minimum Gasteiger partial charge on any atom is -0.389 e. The van der Waals surface area contributed by atoms with Crippen LogP contribution in [-0.2, 0) is 0 Å². The van der Waals surface area contributed by atoms with E-state index in [0.717, 1.165) is 12.1 Å². The maximum absolute atomic E-state index is 14.1. The predicted molar refractivity (Wildman–Crippen MR) is 79.6 cm³/mol. The molecule has 0 unspecified atom stereocenters. The van der Waals surface area contributed by atoms with Crippen LogP contribution in [-0.4, -0.2) is 4.99 Å². The van der Waals surface area contributed by atoms with E-state index in [1.165, 1.54) is 18.2 Å². The van der Waals surface area contributed by atoms with Gasteiger partial charge in [0.1, 0.15) is 4.99 Å². The molecule has 2 nitrogen and oxygen atoms in total. The summed E-state index contributed by atoms with van der Waals surface area (Å²) < 4.78 is 40.1. The molecule has 20 heavy (non-hydrogen) atoms. The number of rotatable bonds is 3. The van der Waals surface area contributed by atoms with Crippen LogP contribution in [0.25, 0.3) is 0 Å². The van der Waals surface area contributed by atoms with Gasteiger partial charge in [0.05, 0.1) is 10.2 Å². The van der Waals surface area contributed by atoms with Crippen molar-refractivity contribution in [1.29, 1.82) is 0 Å². The summed E-state index contributed by atoms with van der Waals surface area (Å²) in [5, 5.41) is 2.65. The number of benzene rings is 2. The molecule has 0 aliphatic rings. The van der Waals surface area contributed by atoms with Crippen molar-refractivity contribution >= 4 is 44.5 Å². The van der Waals surface area contributed by atoms with Crippen molar-refractivity contribution in [3.63, 3.8) is 0 Å². The average Bonchev–Trinajstić information content (AvgIpc) is 2.39. The number of thiocarbonyl (C=S) groups is 1. The number of halogens is 4. The molecule has 0 aliphatic heterocycles. The quantitative estimate of drug-likeness (QED) is 0.803. The SMILES string of the molecule is NC(=S)c1ccc(Nc2ccc(F)c(F)c2)c(F)c1Br. The van der Waals surface area contributed by atoms with Gasteiger partial charge in [0.25, 0.3) is 0 Å². The van der Waals surface area contributed by atoms with Gasteiger partial charge in [0, 0.05) is 17.3 Å². The Kier molecular flexibility index (Phi) is 4.29. The summed E-state index contributed by atoms with van der Waals surface area (Å²) in [5.74, 6) is -2.62. The molecule has 0 heterocycles. The van der Waals surface area contributed by atoms with E-state index in [2.05, 4.69) is 21.2 Å². The Morgan fingerprint density at radius 2 is 1.80 bits per heavy atom. The largest absolute Gasteiger partial charge is 0.389 e. The lowest BCUT2D eigenvalue weighted by Crippen LogP contribution is -2.11. The molecule has 2 rings (SSSR count). The Labute approximate surface area is 126 Å². The first-order valence-electron chi connectivity index (χ1n) is 5.40. The summed E-state index contributed by atoms with van der Waals surface area (Å²) in [4.78, 5) is 0.0511. The van der Waals surface area contributed by atoms with Crippen LogP contribution in [0, 0.1) is 17.5 Å². The number of anilines is 2. The summed E-state index contributed by atoms with van der Waals surface area (Å²) in [5.41, 5.74) is 6.11. The third-order valence-corrected chi connectivity index (χ3v) is 3.54. The first kappa shape index (κ1) is 14.8. The normalized spacial score (nSPS) is 10.4. The van der Waals surface area contributed by atoms with Gasteiger partial charge in [0.2, 0.25) is 0 Å². The second-order valence-electron chi connectivity index (χ2n) is 3.91. The van der Waals surface area contributed by atoms with Crippen molar-refractivity contribution in [2.75, 3.05) is 5.32 Å². The molecule has 0 bridgehead atoms. The Balaban J connectivity index is 2.37. The van der Waals surface area contributed by atoms with E-state index in [4.69, 9.17) is 18.0 Å². The van der Waals surface area contributed by atoms with E-state index in [1.807, 2.05) is 0 Å². The zero-order chi connectivity index (χ0) is 14.9. The van der Waals surface area contributed by atoms with E-state index in [-0.39, 0.29) is 20.8 Å². The summed E-state index contributed by atoms with van der Waals surface area (Å²) in [6, 6.07) is 6.12. The predicted octanol–water partition coefficient (Wildman–Crippen LogP) is 4.24. The number of nitrogens with one attached hydrogen (secondary N) is 1. The van der Waals surface area contributed by atoms with Gasteiger partial charge in [-0.05, 0) is 40.2 Å². The zero-order valence-electron chi connectivity index (χ0n) is 9.88. The standard InChI is InChI=1S/C13H8BrF3N2S/c14-11-7(13(18)20)2-4-10(12(11)17)19-6-1-3-8(15)9(16)5-6/h1-5,19H,(H2,18,20). The highest BCUT2D eigenvalue weighted by atomic mass is 79.9. The third-order valence-electron chi connectivity index (χ3n) is 2.55. The van der Waals surface area contributed by atoms with Crippen LogP contribution in [0.4, 0.5) is 24.5 Å². The molecule has 0 fully saturated rings. The average molecular weight is 361 g/mol. The van der Waals surface area contributed by atoms with Crippen LogP contribution in [0.1, 0.15) is 5.56 Å². The van der Waals surface area contributed by atoms with Crippen LogP contribution < -0.4 is 11.1 Å². The molecule has 104 valence electrons. The van der Waals surface area contributed by atoms with Crippen molar-refractivity contribution in [2.24, 2.45) is 5.73 Å². The van der Waals surface area contributed by atoms with E-state index in [0.29, 0.717) is 5.56 Å². The maximum Gasteiger partial charge on any atom is 0.161 e. The molecule has 3 N–H and O–H groups in total. The minimum atomic E-state index is -1.02. The molecule has 0 aromatic heterocycles. The van der Waals surface area contributed by atoms with Gasteiger partial charge in [-0.2, -0.15) is 0 Å². The molecule has 0 amide bonds. The topological polar surface area (TPSA) is 38.0 Å². The van der Waals surface area contributed by atoms with Crippen LogP contribution in [0.2, 0.25) is 0 Å². The number of hydrogen-bond acceptors (Lipinski definition) is 2. The highest BCUT2D eigenvalue weighted by molar-refractivity contribution is 9.10. The fraction of sp³-hybridized carbons (Fsp3) is 0. The first-order valence-corrected chi connectivity index (χ1v) is 6.60. The van der Waals surface area contributed by atoms with Crippen LogP contribution in [0.5, 0.6) is 0 Å². The van der Waals surface area contributed by atoms with Crippen molar-refractivity contribution in [3.8, 4) is 0 Å². The van der Waals surface area contributed by atoms with E-state index < -0.39 is 17.5 Å². The molecular weight excluding hydrogens is 353 g/mol. The lowest BCUT2D eigenvalue weighted by atomic mass is 10.2. The molecule has 0 spiro atoms. The molecule has 2 aromatic rings. The number of hydrogen-bond donors (Lipinski definition) is 2. The van der Waals surface area contributed by atoms with Gasteiger partial charge >= 0.3 is 0 Å². The molecule has 0 saturated heterocycles. The van der Waals surface area contributed by atoms with Crippen LogP contribution in [0.15, 0.2) is 34.8 Å². The van der Waals surface area contributed by atoms with E-state index >= 15 is 0 Å². The van der Waals surface area contributed by atoms with Crippen LogP contribution >= 0.6 is 28.1 Å². The van der Waals surface area contributed by atoms with E-state index in [9.17, 15) is 13.2 Å². The summed E-state index contributed by atoms with van der Waals surface area (Å²) >= 11 is 7.84. The second-order valence-corrected chi connectivity index (χ2v) is 5.14. The van der Waals surface area contributed by atoms with Gasteiger partial charge in [0.15, 0.2) is 17.5 Å². The van der Waals surface area contributed by atoms with Crippen LogP contribution in [0.3, 0.4) is 0 Å². The van der Waals surface area contributed by atoms with Crippen molar-refractivity contribution in [2.45, 2.75) is 0 Å². The fourth-order valence-electron chi connectivity index (χ4n) is 1.57. The van der Waals surface area contributed by atoms with Crippen molar-refractivity contribution < 1.29 is 13.2 Å². The minimum absolute atomic E-state index is 0.0511. The molecule has 7 heteroatoms. The molecule has 2 aromatic carbocycles. The Morgan fingerprint density at radius 3 is 2.40 bits per heavy atom. The maximum atomic E-state index is 14.1. The summed E-state index contributed by atoms with van der Waals surface area (Å²) in [7, 11) is 0. The molecule has 0 aliphatic carbocycles. The van der Waals surface area contributed by atoms with E-state index in [1.54, 1.807) is 0 Å². The second kappa shape index (κ2) is 5.80. The van der Waals surface area contributed by atoms with Gasteiger partial charge in [-0.25, -0.2) is 13.2 Å². The highest BCUT2D eigenvalue weighted by Crippen LogP contribution is 2.29. The van der Waals surface area contributed by atoms with Gasteiger partial charge in [-0.3, -0.25) is 0 Å². The Hall–Kier alpha value is -1.60. The van der Waals surface area contributed by atoms with Crippen molar-refractivity contribution in [3.05, 3.63) is 57.8 Å². The summed E-state index contributed by atoms with van der Waals surface area (Å²) in [6.45, 7) is 0. The Bertz CT molecular complexity index is 692. The molecule has 0 saturated carbocycles.